The first kappa shape index (κ1) is 16.3. The van der Waals surface area contributed by atoms with E-state index in [4.69, 9.17) is 9.47 Å². The minimum Gasteiger partial charge on any atom is -0.495 e. The number of benzene rings is 2. The standard InChI is InChI=1S/C21H22O3/c1-14-5-7-15(8-6-14)13-18(22)16-9-10-19-17(20(16)23-4)11-12-21(2,3)24-19/h5-12H,13H2,1-4H3. The topological polar surface area (TPSA) is 35.5 Å². The van der Waals surface area contributed by atoms with Gasteiger partial charge in [0.15, 0.2) is 5.78 Å². The highest BCUT2D eigenvalue weighted by Crippen LogP contribution is 2.39. The molecule has 0 unspecified atom stereocenters. The number of Topliss-reactive ketones (excluding diaryl/α,β-unsaturated/α-hetero) is 1. The van der Waals surface area contributed by atoms with Crippen LogP contribution < -0.4 is 9.47 Å². The van der Waals surface area contributed by atoms with Crippen molar-refractivity contribution in [1.29, 1.82) is 0 Å². The third-order valence-corrected chi connectivity index (χ3v) is 4.17. The SMILES string of the molecule is COc1c(C(=O)Cc2ccc(C)cc2)ccc2c1C=CC(C)(C)O2. The molecule has 2 aromatic carbocycles. The van der Waals surface area contributed by atoms with Gasteiger partial charge in [0.2, 0.25) is 0 Å². The van der Waals surface area contributed by atoms with Crippen LogP contribution in [0.1, 0.15) is 40.9 Å². The molecule has 1 aliphatic heterocycles. The Bertz CT molecular complexity index is 799. The number of methoxy groups -OCH3 is 1. The van der Waals surface area contributed by atoms with E-state index < -0.39 is 0 Å². The van der Waals surface area contributed by atoms with Crippen LogP contribution in [-0.2, 0) is 6.42 Å². The van der Waals surface area contributed by atoms with E-state index in [1.54, 1.807) is 13.2 Å². The molecule has 124 valence electrons. The van der Waals surface area contributed by atoms with Crippen molar-refractivity contribution in [2.24, 2.45) is 0 Å². The van der Waals surface area contributed by atoms with Gasteiger partial charge in [-0.05, 0) is 50.6 Å². The lowest BCUT2D eigenvalue weighted by atomic mass is 9.96. The molecule has 0 bridgehead atoms. The van der Waals surface area contributed by atoms with Crippen molar-refractivity contribution in [1.82, 2.24) is 0 Å². The largest absolute Gasteiger partial charge is 0.495 e. The van der Waals surface area contributed by atoms with Crippen LogP contribution in [0.5, 0.6) is 11.5 Å². The highest BCUT2D eigenvalue weighted by atomic mass is 16.5. The molecule has 1 heterocycles. The summed E-state index contributed by atoms with van der Waals surface area (Å²) in [4.78, 5) is 12.7. The zero-order valence-electron chi connectivity index (χ0n) is 14.6. The highest BCUT2D eigenvalue weighted by Gasteiger charge is 2.26. The molecule has 0 aliphatic carbocycles. The fourth-order valence-corrected chi connectivity index (χ4v) is 2.86. The summed E-state index contributed by atoms with van der Waals surface area (Å²) in [5.41, 5.74) is 3.24. The molecule has 1 aliphatic rings. The molecule has 2 aromatic rings. The fraction of sp³-hybridized carbons (Fsp3) is 0.286. The van der Waals surface area contributed by atoms with Gasteiger partial charge in [0, 0.05) is 6.42 Å². The lowest BCUT2D eigenvalue weighted by molar-refractivity contribution is 0.0989. The maximum atomic E-state index is 12.7. The van der Waals surface area contributed by atoms with Gasteiger partial charge in [-0.25, -0.2) is 0 Å². The zero-order chi connectivity index (χ0) is 17.3. The van der Waals surface area contributed by atoms with Crippen molar-refractivity contribution < 1.29 is 14.3 Å². The molecule has 3 heteroatoms. The molecule has 0 fully saturated rings. The van der Waals surface area contributed by atoms with Crippen molar-refractivity contribution in [3.05, 3.63) is 64.7 Å². The first-order chi connectivity index (χ1) is 11.4. The first-order valence-electron chi connectivity index (χ1n) is 8.07. The van der Waals surface area contributed by atoms with Crippen molar-refractivity contribution in [3.63, 3.8) is 0 Å². The number of carbonyl (C=O) groups is 1. The second kappa shape index (κ2) is 6.16. The second-order valence-corrected chi connectivity index (χ2v) is 6.68. The number of hydrogen-bond donors (Lipinski definition) is 0. The number of ether oxygens (including phenoxy) is 2. The van der Waals surface area contributed by atoms with E-state index in [1.165, 1.54) is 5.56 Å². The van der Waals surface area contributed by atoms with E-state index in [2.05, 4.69) is 0 Å². The van der Waals surface area contributed by atoms with E-state index in [9.17, 15) is 4.79 Å². The summed E-state index contributed by atoms with van der Waals surface area (Å²) in [6, 6.07) is 11.7. The van der Waals surface area contributed by atoms with Crippen LogP contribution in [0.3, 0.4) is 0 Å². The van der Waals surface area contributed by atoms with Crippen LogP contribution in [0, 0.1) is 6.92 Å². The zero-order valence-corrected chi connectivity index (χ0v) is 14.6. The predicted molar refractivity (Wildman–Crippen MR) is 95.9 cm³/mol. The van der Waals surface area contributed by atoms with Crippen molar-refractivity contribution in [3.8, 4) is 11.5 Å². The number of carbonyl (C=O) groups excluding carboxylic acids is 1. The smallest absolute Gasteiger partial charge is 0.170 e. The van der Waals surface area contributed by atoms with E-state index >= 15 is 0 Å². The normalized spacial score (nSPS) is 14.7. The van der Waals surface area contributed by atoms with Crippen LogP contribution in [-0.4, -0.2) is 18.5 Å². The van der Waals surface area contributed by atoms with Crippen LogP contribution in [0.15, 0.2) is 42.5 Å². The summed E-state index contributed by atoms with van der Waals surface area (Å²) in [7, 11) is 1.59. The highest BCUT2D eigenvalue weighted by molar-refractivity contribution is 6.01. The Balaban J connectivity index is 1.94. The minimum atomic E-state index is -0.356. The average Bonchev–Trinajstić information content (AvgIpc) is 2.54. The van der Waals surface area contributed by atoms with Gasteiger partial charge in [0.05, 0.1) is 18.2 Å². The van der Waals surface area contributed by atoms with Crippen LogP contribution in [0.25, 0.3) is 6.08 Å². The molecular formula is C21H22O3. The number of aryl methyl sites for hydroxylation is 1. The number of fused-ring (bicyclic) bond motifs is 1. The van der Waals surface area contributed by atoms with Crippen molar-refractivity contribution in [2.45, 2.75) is 32.8 Å². The molecule has 0 atom stereocenters. The lowest BCUT2D eigenvalue weighted by Gasteiger charge is -2.29. The molecule has 0 amide bonds. The van der Waals surface area contributed by atoms with Gasteiger partial charge in [-0.3, -0.25) is 4.79 Å². The molecule has 0 saturated carbocycles. The Morgan fingerprint density at radius 2 is 1.83 bits per heavy atom. The molecule has 0 N–H and O–H groups in total. The third-order valence-electron chi connectivity index (χ3n) is 4.17. The van der Waals surface area contributed by atoms with Gasteiger partial charge in [-0.1, -0.05) is 29.8 Å². The monoisotopic (exact) mass is 322 g/mol. The summed E-state index contributed by atoms with van der Waals surface area (Å²) in [5, 5.41) is 0. The van der Waals surface area contributed by atoms with Gasteiger partial charge in [-0.2, -0.15) is 0 Å². The molecule has 0 spiro atoms. The van der Waals surface area contributed by atoms with Gasteiger partial charge < -0.3 is 9.47 Å². The number of hydrogen-bond acceptors (Lipinski definition) is 3. The second-order valence-electron chi connectivity index (χ2n) is 6.68. The summed E-state index contributed by atoms with van der Waals surface area (Å²) in [6.07, 6.45) is 4.30. The lowest BCUT2D eigenvalue weighted by Crippen LogP contribution is -2.27. The quantitative estimate of drug-likeness (QED) is 0.771. The Morgan fingerprint density at radius 1 is 1.12 bits per heavy atom. The van der Waals surface area contributed by atoms with Crippen LogP contribution in [0.4, 0.5) is 0 Å². The minimum absolute atomic E-state index is 0.0386. The van der Waals surface area contributed by atoms with Crippen molar-refractivity contribution >= 4 is 11.9 Å². The molecule has 0 saturated heterocycles. The summed E-state index contributed by atoms with van der Waals surface area (Å²) < 4.78 is 11.5. The molecule has 0 aromatic heterocycles. The van der Waals surface area contributed by atoms with E-state index in [0.717, 1.165) is 16.9 Å². The van der Waals surface area contributed by atoms with Crippen LogP contribution in [0.2, 0.25) is 0 Å². The number of ketones is 1. The Hall–Kier alpha value is -2.55. The molecule has 24 heavy (non-hydrogen) atoms. The maximum Gasteiger partial charge on any atom is 0.170 e. The first-order valence-corrected chi connectivity index (χ1v) is 8.07. The van der Waals surface area contributed by atoms with Gasteiger partial charge in [0.1, 0.15) is 17.1 Å². The maximum absolute atomic E-state index is 12.7. The van der Waals surface area contributed by atoms with Gasteiger partial charge >= 0.3 is 0 Å². The van der Waals surface area contributed by atoms with Gasteiger partial charge in [-0.15, -0.1) is 0 Å². The Kier molecular flexibility index (Phi) is 4.18. The summed E-state index contributed by atoms with van der Waals surface area (Å²) >= 11 is 0. The summed E-state index contributed by atoms with van der Waals surface area (Å²) in [5.74, 6) is 1.36. The molecule has 3 nitrogen and oxygen atoms in total. The molecule has 0 radical (unpaired) electrons. The molecular weight excluding hydrogens is 300 g/mol. The van der Waals surface area contributed by atoms with Crippen molar-refractivity contribution in [2.75, 3.05) is 7.11 Å². The van der Waals surface area contributed by atoms with Crippen LogP contribution >= 0.6 is 0 Å². The van der Waals surface area contributed by atoms with E-state index in [-0.39, 0.29) is 11.4 Å². The third kappa shape index (κ3) is 3.21. The fourth-order valence-electron chi connectivity index (χ4n) is 2.86. The van der Waals surface area contributed by atoms with E-state index in [1.807, 2.05) is 63.3 Å². The summed E-state index contributed by atoms with van der Waals surface area (Å²) in [6.45, 7) is 6.02. The average molecular weight is 322 g/mol. The predicted octanol–water partition coefficient (Wildman–Crippen LogP) is 4.61. The Labute approximate surface area is 142 Å². The van der Waals surface area contributed by atoms with E-state index in [0.29, 0.717) is 17.7 Å². The number of rotatable bonds is 4. The van der Waals surface area contributed by atoms with Gasteiger partial charge in [0.25, 0.3) is 0 Å². The Morgan fingerprint density at radius 3 is 2.50 bits per heavy atom. The molecule has 3 rings (SSSR count).